The number of phosphoric acid groups is 1. The molecule has 0 aliphatic carbocycles. The number of nitrogens with zero attached hydrogens (tertiary/aromatic N) is 1. The van der Waals surface area contributed by atoms with Gasteiger partial charge in [0.05, 0.1) is 27.7 Å². The molecule has 0 aromatic heterocycles. The Labute approximate surface area is 392 Å². The van der Waals surface area contributed by atoms with Crippen molar-refractivity contribution >= 4 is 19.8 Å². The van der Waals surface area contributed by atoms with Crippen LogP contribution in [0.5, 0.6) is 0 Å². The molecule has 0 spiro atoms. The first-order valence-corrected chi connectivity index (χ1v) is 26.8. The summed E-state index contributed by atoms with van der Waals surface area (Å²) in [6.45, 7) is 4.22. The fourth-order valence-electron chi connectivity index (χ4n) is 6.51. The van der Waals surface area contributed by atoms with Crippen LogP contribution in [-0.4, -0.2) is 74.9 Å². The number of phosphoric ester groups is 1. The monoisotopic (exact) mass is 917 g/mol. The van der Waals surface area contributed by atoms with E-state index in [-0.39, 0.29) is 26.1 Å². The molecule has 0 rings (SSSR count). The molecule has 0 bridgehead atoms. The van der Waals surface area contributed by atoms with Gasteiger partial charge in [-0.05, 0) is 77.0 Å². The number of likely N-dealkylation sites (N-methyl/N-ethyl adjacent to an activating group) is 1. The molecule has 0 heterocycles. The minimum absolute atomic E-state index is 0.0142. The summed E-state index contributed by atoms with van der Waals surface area (Å²) in [5, 5.41) is 0. The number of esters is 2. The van der Waals surface area contributed by atoms with E-state index in [4.69, 9.17) is 18.5 Å². The number of hydrogen-bond acceptors (Lipinski definition) is 7. The SMILES string of the molecule is CC/C=C/C/C=C/C/C=C/C/C=C/C/C=C/C/C=C/CCC(=O)O[C@H](COC(=O)CCCCCCCCCCCCC/C=C/CCCCCCCC)COP(=O)(O)OCC[N+](C)(C)C. The molecule has 9 nitrogen and oxygen atoms in total. The molecule has 0 aromatic carbocycles. The summed E-state index contributed by atoms with van der Waals surface area (Å²) in [4.78, 5) is 35.5. The molecular weight excluding hydrogens is 822 g/mol. The standard InChI is InChI=1S/C54H94NO8P/c1-6-8-10-12-14-16-18-20-22-24-26-27-29-30-32-34-36-38-40-42-44-46-53(56)60-50-52(51-62-64(58,59)61-49-48-55(3,4)5)63-54(57)47-45-43-41-39-37-35-33-31-28-25-23-21-19-17-15-13-11-9-7-2/h9,11,15,17,20-23,28,31,35,37,41,43,52H,6-8,10,12-14,16,18-19,24-27,29-30,32-34,36,38-40,42,44-51H2,1-5H3/p+1/b11-9+,17-15+,22-20+,23-21+,31-28+,37-35+,43-41+/t52-/m1/s1. The molecule has 0 amide bonds. The quantitative estimate of drug-likeness (QED) is 0.0212. The average Bonchev–Trinajstić information content (AvgIpc) is 3.25. The van der Waals surface area contributed by atoms with Gasteiger partial charge in [0.25, 0.3) is 0 Å². The lowest BCUT2D eigenvalue weighted by Gasteiger charge is -2.24. The van der Waals surface area contributed by atoms with E-state index in [1.807, 2.05) is 33.3 Å². The Balaban J connectivity index is 4.37. The largest absolute Gasteiger partial charge is 0.472 e. The van der Waals surface area contributed by atoms with Crippen molar-refractivity contribution in [2.24, 2.45) is 0 Å². The lowest BCUT2D eigenvalue weighted by atomic mass is 10.0. The Morgan fingerprint density at radius 3 is 1.39 bits per heavy atom. The number of carbonyl (C=O) groups is 2. The highest BCUT2D eigenvalue weighted by Gasteiger charge is 2.27. The normalized spacial score (nSPS) is 14.2. The fourth-order valence-corrected chi connectivity index (χ4v) is 7.25. The van der Waals surface area contributed by atoms with Gasteiger partial charge in [0, 0.05) is 12.8 Å². The van der Waals surface area contributed by atoms with Crippen LogP contribution in [0, 0.1) is 0 Å². The van der Waals surface area contributed by atoms with Crippen LogP contribution >= 0.6 is 7.82 Å². The van der Waals surface area contributed by atoms with Crippen LogP contribution in [0.3, 0.4) is 0 Å². The summed E-state index contributed by atoms with van der Waals surface area (Å²) < 4.78 is 34.3. The van der Waals surface area contributed by atoms with Gasteiger partial charge in [0.15, 0.2) is 6.10 Å². The third-order valence-corrected chi connectivity index (χ3v) is 11.4. The lowest BCUT2D eigenvalue weighted by molar-refractivity contribution is -0.870. The van der Waals surface area contributed by atoms with Crippen LogP contribution in [0.1, 0.15) is 194 Å². The molecular formula is C54H95NO8P+. The van der Waals surface area contributed by atoms with Gasteiger partial charge in [-0.25, -0.2) is 4.57 Å². The summed E-state index contributed by atoms with van der Waals surface area (Å²) in [7, 11) is 1.42. The summed E-state index contributed by atoms with van der Waals surface area (Å²) in [6.07, 6.45) is 59.4. The zero-order valence-electron chi connectivity index (χ0n) is 41.5. The first kappa shape index (κ1) is 61.2. The Morgan fingerprint density at radius 1 is 0.500 bits per heavy atom. The third kappa shape index (κ3) is 48.6. The van der Waals surface area contributed by atoms with Crippen molar-refractivity contribution in [1.29, 1.82) is 0 Å². The van der Waals surface area contributed by atoms with E-state index < -0.39 is 32.5 Å². The number of quaternary nitrogens is 1. The maximum Gasteiger partial charge on any atom is 0.472 e. The Kier molecular flexibility index (Phi) is 43.4. The van der Waals surface area contributed by atoms with Crippen molar-refractivity contribution < 1.29 is 42.1 Å². The van der Waals surface area contributed by atoms with Crippen molar-refractivity contribution in [1.82, 2.24) is 0 Å². The van der Waals surface area contributed by atoms with Gasteiger partial charge in [0.2, 0.25) is 0 Å². The lowest BCUT2D eigenvalue weighted by Crippen LogP contribution is -2.37. The van der Waals surface area contributed by atoms with Gasteiger partial charge < -0.3 is 18.9 Å². The van der Waals surface area contributed by atoms with E-state index in [0.717, 1.165) is 57.8 Å². The first-order chi connectivity index (χ1) is 31.0. The van der Waals surface area contributed by atoms with Gasteiger partial charge in [-0.3, -0.25) is 18.6 Å². The predicted octanol–water partition coefficient (Wildman–Crippen LogP) is 15.1. The minimum Gasteiger partial charge on any atom is -0.462 e. The Hall–Kier alpha value is -2.81. The molecule has 64 heavy (non-hydrogen) atoms. The number of unbranched alkanes of at least 4 members (excludes halogenated alkanes) is 17. The molecule has 1 unspecified atom stereocenters. The molecule has 2 atom stereocenters. The van der Waals surface area contributed by atoms with Crippen LogP contribution in [0.25, 0.3) is 0 Å². The number of ether oxygens (including phenoxy) is 2. The Bertz CT molecular complexity index is 1360. The maximum absolute atomic E-state index is 12.7. The van der Waals surface area contributed by atoms with Crippen molar-refractivity contribution in [2.45, 2.75) is 200 Å². The third-order valence-electron chi connectivity index (χ3n) is 10.4. The number of rotatable bonds is 45. The molecule has 0 radical (unpaired) electrons. The van der Waals surface area contributed by atoms with E-state index in [9.17, 15) is 19.0 Å². The predicted molar refractivity (Wildman–Crippen MR) is 270 cm³/mol. The highest BCUT2D eigenvalue weighted by molar-refractivity contribution is 7.47. The summed E-state index contributed by atoms with van der Waals surface area (Å²) in [6, 6.07) is 0. The van der Waals surface area contributed by atoms with Crippen LogP contribution in [0.4, 0.5) is 0 Å². The van der Waals surface area contributed by atoms with E-state index in [1.165, 1.54) is 103 Å². The second kappa shape index (κ2) is 45.4. The first-order valence-electron chi connectivity index (χ1n) is 25.3. The van der Waals surface area contributed by atoms with Crippen molar-refractivity contribution in [2.75, 3.05) is 47.5 Å². The summed E-state index contributed by atoms with van der Waals surface area (Å²) in [5.74, 6) is -0.900. The van der Waals surface area contributed by atoms with Crippen LogP contribution < -0.4 is 0 Å². The van der Waals surface area contributed by atoms with Gasteiger partial charge in [-0.1, -0.05) is 189 Å². The van der Waals surface area contributed by atoms with Crippen LogP contribution in [0.2, 0.25) is 0 Å². The van der Waals surface area contributed by atoms with E-state index in [1.54, 1.807) is 0 Å². The molecule has 0 aromatic rings. The fraction of sp³-hybridized carbons (Fsp3) is 0.704. The van der Waals surface area contributed by atoms with Gasteiger partial charge in [0.1, 0.15) is 19.8 Å². The second-order valence-corrected chi connectivity index (χ2v) is 19.3. The number of allylic oxidation sites excluding steroid dienone is 14. The highest BCUT2D eigenvalue weighted by Crippen LogP contribution is 2.43. The van der Waals surface area contributed by atoms with E-state index in [2.05, 4.69) is 86.8 Å². The zero-order valence-corrected chi connectivity index (χ0v) is 42.4. The molecule has 0 saturated carbocycles. The summed E-state index contributed by atoms with van der Waals surface area (Å²) in [5.41, 5.74) is 0. The molecule has 0 aliphatic rings. The minimum atomic E-state index is -4.41. The highest BCUT2D eigenvalue weighted by atomic mass is 31.2. The van der Waals surface area contributed by atoms with Gasteiger partial charge in [-0.2, -0.15) is 0 Å². The van der Waals surface area contributed by atoms with Gasteiger partial charge >= 0.3 is 19.8 Å². The van der Waals surface area contributed by atoms with Crippen LogP contribution in [-0.2, 0) is 32.7 Å². The van der Waals surface area contributed by atoms with Crippen molar-refractivity contribution in [3.8, 4) is 0 Å². The molecule has 1 N–H and O–H groups in total. The second-order valence-electron chi connectivity index (χ2n) is 17.8. The molecule has 0 fully saturated rings. The van der Waals surface area contributed by atoms with Crippen LogP contribution in [0.15, 0.2) is 85.1 Å². The molecule has 0 saturated heterocycles. The van der Waals surface area contributed by atoms with Crippen molar-refractivity contribution in [3.05, 3.63) is 85.1 Å². The number of hydrogen-bond donors (Lipinski definition) is 1. The summed E-state index contributed by atoms with van der Waals surface area (Å²) >= 11 is 0. The zero-order chi connectivity index (χ0) is 47.1. The molecule has 0 aliphatic heterocycles. The molecule has 10 heteroatoms. The van der Waals surface area contributed by atoms with Crippen molar-refractivity contribution in [3.63, 3.8) is 0 Å². The Morgan fingerprint density at radius 2 is 0.922 bits per heavy atom. The average molecular weight is 917 g/mol. The van der Waals surface area contributed by atoms with E-state index >= 15 is 0 Å². The van der Waals surface area contributed by atoms with E-state index in [0.29, 0.717) is 17.4 Å². The topological polar surface area (TPSA) is 108 Å². The maximum atomic E-state index is 12.7. The smallest absolute Gasteiger partial charge is 0.462 e. The molecule has 368 valence electrons. The van der Waals surface area contributed by atoms with Gasteiger partial charge in [-0.15, -0.1) is 0 Å². The number of carbonyl (C=O) groups excluding carboxylic acids is 2.